The molecule has 3 rings (SSSR count). The highest BCUT2D eigenvalue weighted by Gasteiger charge is 2.39. The Morgan fingerprint density at radius 3 is 2.27 bits per heavy atom. The number of esters is 2. The average Bonchev–Trinajstić information content (AvgIpc) is 2.91. The first-order valence-electron chi connectivity index (χ1n) is 12.3. The number of dihydropyridines is 1. The van der Waals surface area contributed by atoms with E-state index in [-0.39, 0.29) is 18.6 Å². The van der Waals surface area contributed by atoms with E-state index in [4.69, 9.17) is 25.8 Å². The van der Waals surface area contributed by atoms with Crippen LogP contribution in [0.1, 0.15) is 56.0 Å². The predicted molar refractivity (Wildman–Crippen MR) is 148 cm³/mol. The third kappa shape index (κ3) is 6.90. The van der Waals surface area contributed by atoms with Crippen molar-refractivity contribution in [3.63, 3.8) is 0 Å². The summed E-state index contributed by atoms with van der Waals surface area (Å²) >= 11 is 8.36. The highest BCUT2D eigenvalue weighted by atomic mass is 35.5. The van der Waals surface area contributed by atoms with Crippen LogP contribution in [0.2, 0.25) is 0 Å². The number of ether oxygens (including phenoxy) is 3. The Morgan fingerprint density at radius 1 is 1.03 bits per heavy atom. The van der Waals surface area contributed by atoms with Crippen LogP contribution in [0.15, 0.2) is 76.0 Å². The molecule has 0 saturated carbocycles. The van der Waals surface area contributed by atoms with E-state index in [0.29, 0.717) is 35.4 Å². The molecule has 2 unspecified atom stereocenters. The number of halogens is 1. The molecule has 0 aliphatic carbocycles. The molecule has 0 saturated heterocycles. The van der Waals surface area contributed by atoms with Gasteiger partial charge in [0.15, 0.2) is 0 Å². The Kier molecular flexibility index (Phi) is 10.5. The number of thioether (sulfide) groups is 1. The van der Waals surface area contributed by atoms with Crippen LogP contribution in [0, 0.1) is 0 Å². The Labute approximate surface area is 228 Å². The third-order valence-corrected chi connectivity index (χ3v) is 7.38. The topological polar surface area (TPSA) is 73.9 Å². The van der Waals surface area contributed by atoms with Crippen molar-refractivity contribution in [1.82, 2.24) is 5.32 Å². The van der Waals surface area contributed by atoms with Crippen LogP contribution >= 0.6 is 23.4 Å². The van der Waals surface area contributed by atoms with Gasteiger partial charge >= 0.3 is 11.9 Å². The van der Waals surface area contributed by atoms with Gasteiger partial charge in [-0.2, -0.15) is 0 Å². The van der Waals surface area contributed by atoms with Gasteiger partial charge in [0.2, 0.25) is 0 Å². The molecule has 6 nitrogen and oxygen atoms in total. The molecule has 1 N–H and O–H groups in total. The van der Waals surface area contributed by atoms with E-state index in [1.807, 2.05) is 61.7 Å². The van der Waals surface area contributed by atoms with E-state index < -0.39 is 17.9 Å². The molecule has 1 heterocycles. The first kappa shape index (κ1) is 28.7. The molecular weight excluding hydrogens is 510 g/mol. The number of hydrogen-bond donors (Lipinski definition) is 1. The molecule has 8 heteroatoms. The molecule has 1 aliphatic rings. The summed E-state index contributed by atoms with van der Waals surface area (Å²) in [4.78, 5) is 27.6. The zero-order valence-electron chi connectivity index (χ0n) is 21.9. The van der Waals surface area contributed by atoms with Crippen LogP contribution in [0.3, 0.4) is 0 Å². The van der Waals surface area contributed by atoms with Crippen LogP contribution < -0.4 is 10.1 Å². The quantitative estimate of drug-likeness (QED) is 0.196. The van der Waals surface area contributed by atoms with Crippen molar-refractivity contribution in [1.29, 1.82) is 0 Å². The Morgan fingerprint density at radius 2 is 1.68 bits per heavy atom. The lowest BCUT2D eigenvalue weighted by molar-refractivity contribution is -0.139. The van der Waals surface area contributed by atoms with Crippen molar-refractivity contribution in [2.24, 2.45) is 0 Å². The minimum Gasteiger partial charge on any atom is -0.497 e. The number of alkyl halides is 1. The zero-order valence-corrected chi connectivity index (χ0v) is 23.5. The van der Waals surface area contributed by atoms with Crippen molar-refractivity contribution >= 4 is 35.3 Å². The van der Waals surface area contributed by atoms with Crippen LogP contribution in [0.25, 0.3) is 0 Å². The maximum absolute atomic E-state index is 13.4. The van der Waals surface area contributed by atoms with Gasteiger partial charge in [-0.25, -0.2) is 9.59 Å². The maximum atomic E-state index is 13.4. The second-order valence-corrected chi connectivity index (χ2v) is 9.89. The maximum Gasteiger partial charge on any atom is 0.336 e. The summed E-state index contributed by atoms with van der Waals surface area (Å²) in [5.74, 6) is -0.788. The van der Waals surface area contributed by atoms with Gasteiger partial charge in [0.1, 0.15) is 5.75 Å². The van der Waals surface area contributed by atoms with Crippen molar-refractivity contribution in [3.8, 4) is 5.75 Å². The Bertz CT molecular complexity index is 1180. The molecule has 0 bridgehead atoms. The molecule has 0 fully saturated rings. The molecule has 2 aromatic rings. The highest BCUT2D eigenvalue weighted by Crippen LogP contribution is 2.42. The van der Waals surface area contributed by atoms with E-state index in [2.05, 4.69) is 5.32 Å². The van der Waals surface area contributed by atoms with Gasteiger partial charge in [0, 0.05) is 16.3 Å². The first-order chi connectivity index (χ1) is 17.8. The van der Waals surface area contributed by atoms with Crippen molar-refractivity contribution in [2.45, 2.75) is 49.8 Å². The van der Waals surface area contributed by atoms with E-state index in [0.717, 1.165) is 21.8 Å². The van der Waals surface area contributed by atoms with Crippen LogP contribution in [0.4, 0.5) is 0 Å². The van der Waals surface area contributed by atoms with Gasteiger partial charge in [-0.05, 0) is 75.3 Å². The monoisotopic (exact) mass is 543 g/mol. The molecule has 0 spiro atoms. The van der Waals surface area contributed by atoms with Gasteiger partial charge in [0.25, 0.3) is 0 Å². The minimum absolute atomic E-state index is 0.217. The number of rotatable bonds is 11. The van der Waals surface area contributed by atoms with Crippen LogP contribution in [-0.2, 0) is 19.1 Å². The fourth-order valence-corrected chi connectivity index (χ4v) is 5.15. The molecule has 0 aromatic heterocycles. The van der Waals surface area contributed by atoms with Crippen LogP contribution in [0.5, 0.6) is 5.75 Å². The highest BCUT2D eigenvalue weighted by molar-refractivity contribution is 7.98. The standard InChI is InChI=1S/C29H34ClNO5S/c1-6-35-28(32)25-18(3)31-24(16-15-23(30)19-11-13-21(34-4)14-12-19)27(29(33)36-7-2)26(25)20-9-8-10-22(17-20)37-5/h8-14,17,23,26,31H,6-7,15-16H2,1-5H3. The molecule has 0 radical (unpaired) electrons. The van der Waals surface area contributed by atoms with E-state index in [1.165, 1.54) is 0 Å². The summed E-state index contributed by atoms with van der Waals surface area (Å²) in [5.41, 5.74) is 3.95. The molecule has 0 amide bonds. The second kappa shape index (κ2) is 13.6. The Balaban J connectivity index is 2.06. The summed E-state index contributed by atoms with van der Waals surface area (Å²) in [5, 5.41) is 3.04. The average molecular weight is 544 g/mol. The summed E-state index contributed by atoms with van der Waals surface area (Å²) < 4.78 is 16.1. The predicted octanol–water partition coefficient (Wildman–Crippen LogP) is 6.52. The fourth-order valence-electron chi connectivity index (χ4n) is 4.43. The minimum atomic E-state index is -0.629. The second-order valence-electron chi connectivity index (χ2n) is 8.49. The molecule has 37 heavy (non-hydrogen) atoms. The first-order valence-corrected chi connectivity index (χ1v) is 14.0. The molecule has 198 valence electrons. The summed E-state index contributed by atoms with van der Waals surface area (Å²) in [6.45, 7) is 5.81. The van der Waals surface area contributed by atoms with Crippen molar-refractivity contribution in [2.75, 3.05) is 26.6 Å². The molecule has 1 aliphatic heterocycles. The molecule has 2 aromatic carbocycles. The van der Waals surface area contributed by atoms with Gasteiger partial charge in [-0.3, -0.25) is 0 Å². The van der Waals surface area contributed by atoms with Crippen molar-refractivity contribution < 1.29 is 23.8 Å². The number of carbonyl (C=O) groups is 2. The van der Waals surface area contributed by atoms with Gasteiger partial charge in [-0.15, -0.1) is 23.4 Å². The number of benzene rings is 2. The lowest BCUT2D eigenvalue weighted by atomic mass is 9.79. The number of carbonyl (C=O) groups excluding carboxylic acids is 2. The largest absolute Gasteiger partial charge is 0.497 e. The fraction of sp³-hybridized carbons (Fsp3) is 0.379. The summed E-state index contributed by atoms with van der Waals surface area (Å²) in [6, 6.07) is 15.5. The number of nitrogens with one attached hydrogen (secondary N) is 1. The smallest absolute Gasteiger partial charge is 0.336 e. The normalized spacial score (nSPS) is 16.2. The van der Waals surface area contributed by atoms with Crippen molar-refractivity contribution in [3.05, 3.63) is 82.2 Å². The van der Waals surface area contributed by atoms with Gasteiger partial charge in [-0.1, -0.05) is 24.3 Å². The number of hydrogen-bond acceptors (Lipinski definition) is 7. The van der Waals surface area contributed by atoms with Gasteiger partial charge in [0.05, 0.1) is 42.8 Å². The lowest BCUT2D eigenvalue weighted by Gasteiger charge is -2.32. The van der Waals surface area contributed by atoms with Gasteiger partial charge < -0.3 is 19.5 Å². The summed E-state index contributed by atoms with van der Waals surface area (Å²) in [7, 11) is 1.62. The number of allylic oxidation sites excluding steroid dienone is 2. The SMILES string of the molecule is CCOC(=O)C1=C(C)NC(CCC(Cl)c2ccc(OC)cc2)=C(C(=O)OCC)C1c1cccc(SC)c1. The zero-order chi connectivity index (χ0) is 26.9. The Hall–Kier alpha value is -2.90. The summed E-state index contributed by atoms with van der Waals surface area (Å²) in [6.07, 6.45) is 3.04. The van der Waals surface area contributed by atoms with E-state index in [9.17, 15) is 9.59 Å². The number of methoxy groups -OCH3 is 1. The molecule has 2 atom stereocenters. The van der Waals surface area contributed by atoms with E-state index in [1.54, 1.807) is 32.7 Å². The lowest BCUT2D eigenvalue weighted by Crippen LogP contribution is -2.33. The molecular formula is C29H34ClNO5S. The van der Waals surface area contributed by atoms with E-state index >= 15 is 0 Å². The van der Waals surface area contributed by atoms with Crippen LogP contribution in [-0.4, -0.2) is 38.5 Å². The third-order valence-electron chi connectivity index (χ3n) is 6.19.